The van der Waals surface area contributed by atoms with E-state index >= 15 is 0 Å². The minimum Gasteiger partial charge on any atom is -0.323 e. The van der Waals surface area contributed by atoms with Gasteiger partial charge in [0.05, 0.1) is 22.8 Å². The first-order valence-electron chi connectivity index (χ1n) is 9.37. The number of hydrazine groups is 1. The van der Waals surface area contributed by atoms with Crippen LogP contribution in [0.25, 0.3) is 28.7 Å². The maximum absolute atomic E-state index is 12.7. The molecular formula is C21H17ClF3N5O. The second-order valence-corrected chi connectivity index (χ2v) is 7.22. The number of halogens is 4. The maximum Gasteiger partial charge on any atom is 0.416 e. The molecule has 1 aliphatic heterocycles. The molecule has 1 aliphatic carbocycles. The van der Waals surface area contributed by atoms with Gasteiger partial charge in [-0.3, -0.25) is 14.3 Å². The van der Waals surface area contributed by atoms with Crippen LogP contribution in [0.1, 0.15) is 12.0 Å². The number of pyridine rings is 1. The van der Waals surface area contributed by atoms with Crippen molar-refractivity contribution in [3.05, 3.63) is 75.4 Å². The topological polar surface area (TPSA) is 71.8 Å². The van der Waals surface area contributed by atoms with Gasteiger partial charge in [-0.15, -0.1) is 12.4 Å². The van der Waals surface area contributed by atoms with Crippen molar-refractivity contribution >= 4 is 24.2 Å². The fourth-order valence-corrected chi connectivity index (χ4v) is 3.73. The van der Waals surface area contributed by atoms with Crippen LogP contribution in [0, 0.1) is 5.92 Å². The van der Waals surface area contributed by atoms with Gasteiger partial charge in [-0.25, -0.2) is 10.4 Å². The Morgan fingerprint density at radius 3 is 2.58 bits per heavy atom. The molecule has 0 spiro atoms. The van der Waals surface area contributed by atoms with Crippen LogP contribution in [0.5, 0.6) is 0 Å². The lowest BCUT2D eigenvalue weighted by Gasteiger charge is -2.13. The number of nitrogens with one attached hydrogen (secondary N) is 2. The second kappa shape index (κ2) is 7.82. The average Bonchev–Trinajstić information content (AvgIpc) is 3.22. The van der Waals surface area contributed by atoms with Gasteiger partial charge < -0.3 is 5.43 Å². The molecule has 2 N–H and O–H groups in total. The third kappa shape index (κ3) is 3.82. The molecule has 3 heterocycles. The summed E-state index contributed by atoms with van der Waals surface area (Å²) in [5.41, 5.74) is 7.18. The van der Waals surface area contributed by atoms with E-state index in [1.807, 2.05) is 6.08 Å². The lowest BCUT2D eigenvalue weighted by Crippen LogP contribution is -2.41. The summed E-state index contributed by atoms with van der Waals surface area (Å²) in [6, 6.07) is 7.76. The van der Waals surface area contributed by atoms with Crippen molar-refractivity contribution in [2.24, 2.45) is 5.92 Å². The first-order valence-corrected chi connectivity index (χ1v) is 9.37. The summed E-state index contributed by atoms with van der Waals surface area (Å²) in [6.07, 6.45) is 1.60. The minimum absolute atomic E-state index is 0. The molecule has 0 amide bonds. The van der Waals surface area contributed by atoms with Crippen molar-refractivity contribution in [2.45, 2.75) is 12.6 Å². The number of rotatable bonds is 2. The normalized spacial score (nSPS) is 17.1. The van der Waals surface area contributed by atoms with Crippen LogP contribution >= 0.6 is 12.4 Å². The highest BCUT2D eigenvalue weighted by Gasteiger charge is 2.30. The lowest BCUT2D eigenvalue weighted by molar-refractivity contribution is -0.137. The molecule has 1 aromatic carbocycles. The van der Waals surface area contributed by atoms with E-state index in [9.17, 15) is 18.0 Å². The van der Waals surface area contributed by atoms with Crippen molar-refractivity contribution in [2.75, 3.05) is 6.54 Å². The van der Waals surface area contributed by atoms with Crippen LogP contribution in [0.15, 0.2) is 53.6 Å². The zero-order valence-electron chi connectivity index (χ0n) is 16.0. The molecule has 3 aromatic rings. The Balaban J connectivity index is 0.00000231. The van der Waals surface area contributed by atoms with E-state index in [1.54, 1.807) is 12.3 Å². The van der Waals surface area contributed by atoms with Gasteiger partial charge in [0, 0.05) is 24.7 Å². The molecule has 2 aromatic heterocycles. The van der Waals surface area contributed by atoms with E-state index in [0.717, 1.165) is 36.1 Å². The molecule has 1 unspecified atom stereocenters. The SMILES string of the molecule is Cl.O=c1cc(-c2ccc(C(F)(F)F)cc2)ccn1-c1cnc2c(n1)=C1NNCC1CC=2. The molecule has 0 bridgehead atoms. The molecule has 160 valence electrons. The number of alkyl halides is 3. The predicted molar refractivity (Wildman–Crippen MR) is 112 cm³/mol. The fourth-order valence-electron chi connectivity index (χ4n) is 3.73. The Morgan fingerprint density at radius 1 is 1.10 bits per heavy atom. The highest BCUT2D eigenvalue weighted by molar-refractivity contribution is 5.85. The summed E-state index contributed by atoms with van der Waals surface area (Å²) in [5, 5.41) is 1.49. The van der Waals surface area contributed by atoms with Crippen LogP contribution in [0.3, 0.4) is 0 Å². The molecule has 2 aliphatic rings. The smallest absolute Gasteiger partial charge is 0.323 e. The molecular weight excluding hydrogens is 431 g/mol. The number of hydrogen-bond donors (Lipinski definition) is 2. The second-order valence-electron chi connectivity index (χ2n) is 7.22. The van der Waals surface area contributed by atoms with Crippen molar-refractivity contribution < 1.29 is 13.2 Å². The molecule has 0 radical (unpaired) electrons. The van der Waals surface area contributed by atoms with Crippen LogP contribution in [-0.4, -0.2) is 21.1 Å². The quantitative estimate of drug-likeness (QED) is 0.626. The maximum atomic E-state index is 12.7. The van der Waals surface area contributed by atoms with E-state index in [0.29, 0.717) is 28.2 Å². The summed E-state index contributed by atoms with van der Waals surface area (Å²) < 4.78 is 39.6. The number of nitrogens with zero attached hydrogens (tertiary/aromatic N) is 3. The summed E-state index contributed by atoms with van der Waals surface area (Å²) >= 11 is 0. The largest absolute Gasteiger partial charge is 0.416 e. The number of fused-ring (bicyclic) bond motifs is 2. The molecule has 10 heteroatoms. The van der Waals surface area contributed by atoms with Gasteiger partial charge in [0.1, 0.15) is 5.35 Å². The zero-order valence-corrected chi connectivity index (χ0v) is 16.8. The highest BCUT2D eigenvalue weighted by Crippen LogP contribution is 2.30. The van der Waals surface area contributed by atoms with Crippen molar-refractivity contribution in [3.8, 4) is 16.9 Å². The van der Waals surface area contributed by atoms with Crippen molar-refractivity contribution in [1.29, 1.82) is 0 Å². The van der Waals surface area contributed by atoms with E-state index in [2.05, 4.69) is 20.8 Å². The summed E-state index contributed by atoms with van der Waals surface area (Å²) in [7, 11) is 0. The fraction of sp³-hybridized carbons (Fsp3) is 0.190. The highest BCUT2D eigenvalue weighted by atomic mass is 35.5. The van der Waals surface area contributed by atoms with E-state index in [4.69, 9.17) is 0 Å². The first kappa shape index (κ1) is 21.1. The van der Waals surface area contributed by atoms with Gasteiger partial charge in [-0.1, -0.05) is 18.2 Å². The molecule has 1 saturated heterocycles. The Bertz CT molecular complexity index is 1320. The number of aromatic nitrogens is 3. The first-order chi connectivity index (χ1) is 14.4. The summed E-state index contributed by atoms with van der Waals surface area (Å²) in [5.74, 6) is 0.689. The minimum atomic E-state index is -4.40. The third-order valence-electron chi connectivity index (χ3n) is 5.33. The number of benzene rings is 1. The van der Waals surface area contributed by atoms with Gasteiger partial charge >= 0.3 is 6.18 Å². The molecule has 0 saturated carbocycles. The molecule has 1 atom stereocenters. The van der Waals surface area contributed by atoms with Crippen LogP contribution in [-0.2, 0) is 6.18 Å². The molecule has 6 nitrogen and oxygen atoms in total. The van der Waals surface area contributed by atoms with E-state index < -0.39 is 11.7 Å². The standard InChI is InChI=1S/C21H16F3N5O.ClH/c22-21(23,24)15-4-1-12(2-5-15)13-7-8-29(18(30)9-13)17-11-25-16-6-3-14-10-26-28-19(14)20(16)27-17;/h1-2,4-9,11,14,26,28H,3,10H2;1H. The third-order valence-corrected chi connectivity index (χ3v) is 5.33. The Labute approximate surface area is 180 Å². The molecule has 31 heavy (non-hydrogen) atoms. The predicted octanol–water partition coefficient (Wildman–Crippen LogP) is 1.75. The zero-order chi connectivity index (χ0) is 20.9. The van der Waals surface area contributed by atoms with E-state index in [1.165, 1.54) is 29.0 Å². The molecule has 5 rings (SSSR count). The Morgan fingerprint density at radius 2 is 1.87 bits per heavy atom. The van der Waals surface area contributed by atoms with Crippen molar-refractivity contribution in [3.63, 3.8) is 0 Å². The van der Waals surface area contributed by atoms with Crippen LogP contribution in [0.2, 0.25) is 0 Å². The molecule has 1 fully saturated rings. The van der Waals surface area contributed by atoms with Crippen molar-refractivity contribution in [1.82, 2.24) is 25.4 Å². The van der Waals surface area contributed by atoms with Crippen LogP contribution in [0.4, 0.5) is 13.2 Å². The monoisotopic (exact) mass is 447 g/mol. The lowest BCUT2D eigenvalue weighted by atomic mass is 9.99. The van der Waals surface area contributed by atoms with Gasteiger partial charge in [-0.2, -0.15) is 13.2 Å². The van der Waals surface area contributed by atoms with Gasteiger partial charge in [0.2, 0.25) is 0 Å². The van der Waals surface area contributed by atoms with Gasteiger partial charge in [-0.05, 0) is 35.7 Å². The van der Waals surface area contributed by atoms with E-state index in [-0.39, 0.29) is 18.0 Å². The Hall–Kier alpha value is -3.17. The van der Waals surface area contributed by atoms with Gasteiger partial charge in [0.15, 0.2) is 5.82 Å². The summed E-state index contributed by atoms with van der Waals surface area (Å²) in [6.45, 7) is 0.805. The average molecular weight is 448 g/mol. The Kier molecular flexibility index (Phi) is 5.32. The summed E-state index contributed by atoms with van der Waals surface area (Å²) in [4.78, 5) is 21.8. The van der Waals surface area contributed by atoms with Gasteiger partial charge in [0.25, 0.3) is 5.56 Å². The number of hydrogen-bond acceptors (Lipinski definition) is 5. The van der Waals surface area contributed by atoms with Crippen LogP contribution < -0.4 is 27.1 Å².